The summed E-state index contributed by atoms with van der Waals surface area (Å²) in [5.74, 6) is 0.974. The van der Waals surface area contributed by atoms with Crippen LogP contribution in [0.3, 0.4) is 0 Å². The van der Waals surface area contributed by atoms with Crippen LogP contribution >= 0.6 is 0 Å². The molecule has 2 aromatic rings. The molecular weight excluding hydrogens is 202 g/mol. The molecule has 0 N–H and O–H groups in total. The van der Waals surface area contributed by atoms with Gasteiger partial charge in [0.25, 0.3) is 0 Å². The monoisotopic (exact) mass is 215 g/mol. The van der Waals surface area contributed by atoms with E-state index in [-0.39, 0.29) is 0 Å². The van der Waals surface area contributed by atoms with Crippen LogP contribution in [0, 0.1) is 6.92 Å². The highest BCUT2D eigenvalue weighted by molar-refractivity contribution is 5.75. The van der Waals surface area contributed by atoms with Gasteiger partial charge in [0.15, 0.2) is 6.29 Å². The predicted molar refractivity (Wildman–Crippen MR) is 60.9 cm³/mol. The number of aryl methyl sites for hydroxylation is 2. The first-order chi connectivity index (χ1) is 7.74. The Labute approximate surface area is 94.0 Å². The first kappa shape index (κ1) is 10.5. The highest BCUT2D eigenvalue weighted by Crippen LogP contribution is 2.13. The van der Waals surface area contributed by atoms with Crippen LogP contribution in [-0.4, -0.2) is 20.8 Å². The van der Waals surface area contributed by atoms with Gasteiger partial charge in [0.2, 0.25) is 0 Å². The Balaban J connectivity index is 2.52. The maximum absolute atomic E-state index is 10.7. The van der Waals surface area contributed by atoms with Gasteiger partial charge in [-0.2, -0.15) is 0 Å². The minimum Gasteiger partial charge on any atom is -0.302 e. The molecule has 0 fully saturated rings. The van der Waals surface area contributed by atoms with Crippen molar-refractivity contribution in [1.82, 2.24) is 14.5 Å². The van der Waals surface area contributed by atoms with E-state index in [9.17, 15) is 4.79 Å². The summed E-state index contributed by atoms with van der Waals surface area (Å²) in [6, 6.07) is 1.81. The van der Waals surface area contributed by atoms with Gasteiger partial charge in [-0.3, -0.25) is 9.78 Å². The Morgan fingerprint density at radius 1 is 1.44 bits per heavy atom. The Kier molecular flexibility index (Phi) is 2.81. The zero-order valence-corrected chi connectivity index (χ0v) is 9.34. The average Bonchev–Trinajstić information content (AvgIpc) is 2.70. The maximum Gasteiger partial charge on any atom is 0.151 e. The third-order valence-corrected chi connectivity index (χ3v) is 2.37. The molecule has 0 unspecified atom stereocenters. The number of hydrogen-bond acceptors (Lipinski definition) is 3. The van der Waals surface area contributed by atoms with Gasteiger partial charge in [-0.15, -0.1) is 0 Å². The molecule has 4 heteroatoms. The van der Waals surface area contributed by atoms with Gasteiger partial charge in [0.1, 0.15) is 5.82 Å². The van der Waals surface area contributed by atoms with E-state index in [4.69, 9.17) is 0 Å². The number of rotatable bonds is 3. The van der Waals surface area contributed by atoms with Crippen molar-refractivity contribution < 1.29 is 4.79 Å². The van der Waals surface area contributed by atoms with Crippen molar-refractivity contribution in [2.45, 2.75) is 20.3 Å². The molecule has 4 nitrogen and oxygen atoms in total. The van der Waals surface area contributed by atoms with E-state index in [1.54, 1.807) is 18.5 Å². The number of hydrogen-bond donors (Lipinski definition) is 0. The molecule has 0 spiro atoms. The van der Waals surface area contributed by atoms with Crippen molar-refractivity contribution in [1.29, 1.82) is 0 Å². The lowest BCUT2D eigenvalue weighted by atomic mass is 10.3. The van der Waals surface area contributed by atoms with E-state index in [0.717, 1.165) is 29.9 Å². The van der Waals surface area contributed by atoms with Crippen molar-refractivity contribution in [2.24, 2.45) is 0 Å². The van der Waals surface area contributed by atoms with Crippen molar-refractivity contribution in [3.63, 3.8) is 0 Å². The fraction of sp³-hybridized carbons (Fsp3) is 0.250. The highest BCUT2D eigenvalue weighted by Gasteiger charge is 2.06. The lowest BCUT2D eigenvalue weighted by molar-refractivity contribution is 0.112. The molecule has 0 amide bonds. The fourth-order valence-corrected chi connectivity index (χ4v) is 1.66. The second kappa shape index (κ2) is 4.26. The van der Waals surface area contributed by atoms with E-state index in [1.807, 2.05) is 17.7 Å². The molecule has 0 radical (unpaired) electrons. The van der Waals surface area contributed by atoms with Gasteiger partial charge in [-0.25, -0.2) is 4.98 Å². The second-order valence-corrected chi connectivity index (χ2v) is 3.62. The minimum absolute atomic E-state index is 0.575. The van der Waals surface area contributed by atoms with E-state index >= 15 is 0 Å². The first-order valence-electron chi connectivity index (χ1n) is 5.20. The van der Waals surface area contributed by atoms with Crippen LogP contribution in [0.25, 0.3) is 5.69 Å². The molecule has 82 valence electrons. The number of aldehydes is 1. The first-order valence-corrected chi connectivity index (χ1v) is 5.20. The van der Waals surface area contributed by atoms with Crippen LogP contribution in [0.4, 0.5) is 0 Å². The molecule has 0 saturated heterocycles. The highest BCUT2D eigenvalue weighted by atomic mass is 16.1. The van der Waals surface area contributed by atoms with Crippen LogP contribution < -0.4 is 0 Å². The minimum atomic E-state index is 0.575. The Morgan fingerprint density at radius 2 is 2.25 bits per heavy atom. The Bertz CT molecular complexity index is 517. The fourth-order valence-electron chi connectivity index (χ4n) is 1.66. The second-order valence-electron chi connectivity index (χ2n) is 3.62. The molecular formula is C12H13N3O. The van der Waals surface area contributed by atoms with Crippen LogP contribution in [0.5, 0.6) is 0 Å². The van der Waals surface area contributed by atoms with Crippen LogP contribution in [0.1, 0.15) is 28.8 Å². The van der Waals surface area contributed by atoms with E-state index in [0.29, 0.717) is 5.56 Å². The SMILES string of the molecule is CCc1nc(C)cn1-c1cncc(C=O)c1. The summed E-state index contributed by atoms with van der Waals surface area (Å²) in [5.41, 5.74) is 2.42. The third kappa shape index (κ3) is 1.86. The van der Waals surface area contributed by atoms with Crippen LogP contribution in [-0.2, 0) is 6.42 Å². The third-order valence-electron chi connectivity index (χ3n) is 2.37. The zero-order valence-electron chi connectivity index (χ0n) is 9.34. The average molecular weight is 215 g/mol. The number of pyridine rings is 1. The molecule has 2 rings (SSSR count). The van der Waals surface area contributed by atoms with E-state index in [1.165, 1.54) is 0 Å². The largest absolute Gasteiger partial charge is 0.302 e. The smallest absolute Gasteiger partial charge is 0.151 e. The van der Waals surface area contributed by atoms with Crippen molar-refractivity contribution in [3.05, 3.63) is 41.7 Å². The molecule has 16 heavy (non-hydrogen) atoms. The van der Waals surface area contributed by atoms with Gasteiger partial charge in [-0.1, -0.05) is 6.92 Å². The zero-order chi connectivity index (χ0) is 11.5. The van der Waals surface area contributed by atoms with Gasteiger partial charge >= 0.3 is 0 Å². The summed E-state index contributed by atoms with van der Waals surface area (Å²) in [4.78, 5) is 19.1. The number of imidazole rings is 1. The molecule has 2 heterocycles. The lowest BCUT2D eigenvalue weighted by Gasteiger charge is -2.05. The quantitative estimate of drug-likeness (QED) is 0.735. The van der Waals surface area contributed by atoms with E-state index in [2.05, 4.69) is 16.9 Å². The number of nitrogens with zero attached hydrogens (tertiary/aromatic N) is 3. The Hall–Kier alpha value is -1.97. The Morgan fingerprint density at radius 3 is 2.94 bits per heavy atom. The molecule has 0 atom stereocenters. The number of aromatic nitrogens is 3. The van der Waals surface area contributed by atoms with E-state index < -0.39 is 0 Å². The molecule has 0 aromatic carbocycles. The molecule has 0 aliphatic heterocycles. The molecule has 0 aliphatic rings. The van der Waals surface area contributed by atoms with Crippen molar-refractivity contribution in [2.75, 3.05) is 0 Å². The topological polar surface area (TPSA) is 47.8 Å². The maximum atomic E-state index is 10.7. The van der Waals surface area contributed by atoms with Crippen LogP contribution in [0.2, 0.25) is 0 Å². The van der Waals surface area contributed by atoms with Gasteiger partial charge < -0.3 is 4.57 Å². The summed E-state index contributed by atoms with van der Waals surface area (Å²) in [6.45, 7) is 4.00. The molecule has 0 saturated carbocycles. The van der Waals surface area contributed by atoms with Crippen LogP contribution in [0.15, 0.2) is 24.7 Å². The number of carbonyl (C=O) groups is 1. The molecule has 2 aromatic heterocycles. The lowest BCUT2D eigenvalue weighted by Crippen LogP contribution is -2.00. The molecule has 0 aliphatic carbocycles. The summed E-state index contributed by atoms with van der Waals surface area (Å²) >= 11 is 0. The normalized spacial score (nSPS) is 10.4. The predicted octanol–water partition coefficient (Wildman–Crippen LogP) is 1.95. The number of carbonyl (C=O) groups excluding carboxylic acids is 1. The van der Waals surface area contributed by atoms with Gasteiger partial charge in [-0.05, 0) is 13.0 Å². The molecule has 0 bridgehead atoms. The standard InChI is InChI=1S/C12H13N3O/c1-3-12-14-9(2)7-15(12)11-4-10(8-16)5-13-6-11/h4-8H,3H2,1-2H3. The van der Waals surface area contributed by atoms with Gasteiger partial charge in [0.05, 0.1) is 17.6 Å². The van der Waals surface area contributed by atoms with Crippen molar-refractivity contribution >= 4 is 6.29 Å². The summed E-state index contributed by atoms with van der Waals surface area (Å²) < 4.78 is 1.97. The summed E-state index contributed by atoms with van der Waals surface area (Å²) in [6.07, 6.45) is 6.87. The summed E-state index contributed by atoms with van der Waals surface area (Å²) in [7, 11) is 0. The van der Waals surface area contributed by atoms with Gasteiger partial charge in [0, 0.05) is 24.4 Å². The summed E-state index contributed by atoms with van der Waals surface area (Å²) in [5, 5.41) is 0. The van der Waals surface area contributed by atoms with Crippen molar-refractivity contribution in [3.8, 4) is 5.69 Å².